The summed E-state index contributed by atoms with van der Waals surface area (Å²) in [5, 5.41) is 4.26. The second-order valence-corrected chi connectivity index (χ2v) is 5.76. The topological polar surface area (TPSA) is 51.1 Å². The first-order valence-corrected chi connectivity index (χ1v) is 7.57. The van der Waals surface area contributed by atoms with Gasteiger partial charge in [-0.1, -0.05) is 35.9 Å². The summed E-state index contributed by atoms with van der Waals surface area (Å²) in [5.41, 5.74) is 2.06. The third kappa shape index (κ3) is 3.27. The highest BCUT2D eigenvalue weighted by Gasteiger charge is 2.10. The number of amides is 1. The lowest BCUT2D eigenvalue weighted by Gasteiger charge is -2.12. The van der Waals surface area contributed by atoms with Gasteiger partial charge in [0.1, 0.15) is 6.54 Å². The molecule has 0 fully saturated rings. The lowest BCUT2D eigenvalue weighted by atomic mass is 10.1. The zero-order chi connectivity index (χ0) is 16.4. The van der Waals surface area contributed by atoms with E-state index in [-0.39, 0.29) is 18.0 Å². The van der Waals surface area contributed by atoms with Gasteiger partial charge in [-0.05, 0) is 36.8 Å². The lowest BCUT2D eigenvalue weighted by molar-refractivity contribution is -0.116. The molecule has 0 atom stereocenters. The number of fused-ring (bicyclic) bond motifs is 1. The Morgan fingerprint density at radius 3 is 2.70 bits per heavy atom. The number of aryl methyl sites for hydroxylation is 1. The van der Waals surface area contributed by atoms with Crippen molar-refractivity contribution in [3.8, 4) is 0 Å². The van der Waals surface area contributed by atoms with Crippen LogP contribution in [0.5, 0.6) is 0 Å². The Kier molecular flexibility index (Phi) is 4.17. The van der Waals surface area contributed by atoms with Crippen molar-refractivity contribution in [3.05, 3.63) is 75.5 Å². The van der Waals surface area contributed by atoms with Crippen LogP contribution >= 0.6 is 11.6 Å². The molecule has 0 bridgehead atoms. The van der Waals surface area contributed by atoms with Gasteiger partial charge in [-0.2, -0.15) is 0 Å². The maximum absolute atomic E-state index is 12.3. The van der Waals surface area contributed by atoms with Crippen LogP contribution in [0.15, 0.2) is 59.4 Å². The third-order valence-corrected chi connectivity index (χ3v) is 3.87. The van der Waals surface area contributed by atoms with Crippen LogP contribution in [-0.2, 0) is 11.3 Å². The van der Waals surface area contributed by atoms with Crippen molar-refractivity contribution in [3.63, 3.8) is 0 Å². The van der Waals surface area contributed by atoms with Crippen LogP contribution in [0.2, 0.25) is 5.02 Å². The molecule has 1 amide bonds. The summed E-state index contributed by atoms with van der Waals surface area (Å²) in [6.45, 7) is 1.84. The van der Waals surface area contributed by atoms with Gasteiger partial charge in [0.15, 0.2) is 0 Å². The van der Waals surface area contributed by atoms with E-state index in [1.54, 1.807) is 30.3 Å². The fraction of sp³-hybridized carbons (Fsp3) is 0.111. The molecule has 116 valence electrons. The lowest BCUT2D eigenvalue weighted by Crippen LogP contribution is -2.27. The number of pyridine rings is 1. The van der Waals surface area contributed by atoms with Gasteiger partial charge < -0.3 is 5.32 Å². The van der Waals surface area contributed by atoms with Crippen LogP contribution in [0.3, 0.4) is 0 Å². The molecule has 0 unspecified atom stereocenters. The molecule has 2 aromatic carbocycles. The fourth-order valence-corrected chi connectivity index (χ4v) is 2.77. The number of hydrogen-bond acceptors (Lipinski definition) is 2. The number of carbonyl (C=O) groups is 1. The second kappa shape index (κ2) is 6.26. The van der Waals surface area contributed by atoms with Crippen LogP contribution in [0, 0.1) is 6.92 Å². The van der Waals surface area contributed by atoms with Crippen molar-refractivity contribution in [2.75, 3.05) is 5.32 Å². The van der Waals surface area contributed by atoms with Crippen molar-refractivity contribution >= 4 is 34.1 Å². The molecular weight excluding hydrogens is 312 g/mol. The third-order valence-electron chi connectivity index (χ3n) is 3.64. The number of rotatable bonds is 3. The predicted molar refractivity (Wildman–Crippen MR) is 93.0 cm³/mol. The van der Waals surface area contributed by atoms with E-state index in [1.807, 2.05) is 31.2 Å². The molecule has 3 aromatic rings. The molecule has 0 aliphatic heterocycles. The van der Waals surface area contributed by atoms with Gasteiger partial charge in [-0.3, -0.25) is 14.2 Å². The minimum atomic E-state index is -0.275. The number of hydrogen-bond donors (Lipinski definition) is 1. The molecule has 0 saturated carbocycles. The Morgan fingerprint density at radius 2 is 1.91 bits per heavy atom. The van der Waals surface area contributed by atoms with Gasteiger partial charge in [0.2, 0.25) is 5.91 Å². The van der Waals surface area contributed by atoms with E-state index < -0.39 is 0 Å². The molecule has 1 heterocycles. The zero-order valence-corrected chi connectivity index (χ0v) is 13.3. The van der Waals surface area contributed by atoms with E-state index >= 15 is 0 Å². The number of anilines is 1. The molecule has 3 rings (SSSR count). The Bertz CT molecular complexity index is 947. The SMILES string of the molecule is Cc1cc(=O)n(CC(=O)Nc2cccc(Cl)c2)c2ccccc12. The summed E-state index contributed by atoms with van der Waals surface area (Å²) >= 11 is 5.90. The van der Waals surface area contributed by atoms with E-state index in [2.05, 4.69) is 5.32 Å². The summed E-state index contributed by atoms with van der Waals surface area (Å²) in [4.78, 5) is 24.5. The number of halogens is 1. The maximum atomic E-state index is 12.3. The number of aromatic nitrogens is 1. The molecule has 23 heavy (non-hydrogen) atoms. The predicted octanol–water partition coefficient (Wildman–Crippen LogP) is 3.60. The van der Waals surface area contributed by atoms with Crippen LogP contribution < -0.4 is 10.9 Å². The molecule has 0 spiro atoms. The number of nitrogens with one attached hydrogen (secondary N) is 1. The first-order chi connectivity index (χ1) is 11.0. The molecule has 5 heteroatoms. The van der Waals surface area contributed by atoms with E-state index in [0.29, 0.717) is 10.7 Å². The van der Waals surface area contributed by atoms with Crippen LogP contribution in [0.25, 0.3) is 10.9 Å². The van der Waals surface area contributed by atoms with E-state index in [1.165, 1.54) is 4.57 Å². The van der Waals surface area contributed by atoms with Gasteiger partial charge >= 0.3 is 0 Å². The van der Waals surface area contributed by atoms with Gasteiger partial charge in [-0.25, -0.2) is 0 Å². The van der Waals surface area contributed by atoms with Crippen LogP contribution in [-0.4, -0.2) is 10.5 Å². The zero-order valence-electron chi connectivity index (χ0n) is 12.5. The minimum Gasteiger partial charge on any atom is -0.324 e. The van der Waals surface area contributed by atoms with Crippen molar-refractivity contribution < 1.29 is 4.79 Å². The number of para-hydroxylation sites is 1. The first-order valence-electron chi connectivity index (χ1n) is 7.19. The Labute approximate surface area is 138 Å². The second-order valence-electron chi connectivity index (χ2n) is 5.33. The summed E-state index contributed by atoms with van der Waals surface area (Å²) in [6, 6.07) is 16.0. The van der Waals surface area contributed by atoms with E-state index in [9.17, 15) is 9.59 Å². The highest BCUT2D eigenvalue weighted by molar-refractivity contribution is 6.30. The molecule has 1 aromatic heterocycles. The molecule has 0 radical (unpaired) electrons. The normalized spacial score (nSPS) is 10.7. The fourth-order valence-electron chi connectivity index (χ4n) is 2.58. The average molecular weight is 327 g/mol. The number of carbonyl (C=O) groups excluding carboxylic acids is 1. The summed E-state index contributed by atoms with van der Waals surface area (Å²) in [6.07, 6.45) is 0. The molecule has 0 aliphatic carbocycles. The Morgan fingerprint density at radius 1 is 1.13 bits per heavy atom. The average Bonchev–Trinajstić information content (AvgIpc) is 2.51. The summed E-state index contributed by atoms with van der Waals surface area (Å²) in [5.74, 6) is -0.275. The van der Waals surface area contributed by atoms with E-state index in [0.717, 1.165) is 16.5 Å². The largest absolute Gasteiger partial charge is 0.324 e. The Hall–Kier alpha value is -2.59. The molecule has 0 aliphatic rings. The molecule has 4 nitrogen and oxygen atoms in total. The molecular formula is C18H15ClN2O2. The van der Waals surface area contributed by atoms with E-state index in [4.69, 9.17) is 11.6 Å². The van der Waals surface area contributed by atoms with Crippen molar-refractivity contribution in [2.24, 2.45) is 0 Å². The number of nitrogens with zero attached hydrogens (tertiary/aromatic N) is 1. The molecule has 1 N–H and O–H groups in total. The van der Waals surface area contributed by atoms with Gasteiger partial charge in [-0.15, -0.1) is 0 Å². The summed E-state index contributed by atoms with van der Waals surface area (Å²) < 4.78 is 1.47. The maximum Gasteiger partial charge on any atom is 0.251 e. The summed E-state index contributed by atoms with van der Waals surface area (Å²) in [7, 11) is 0. The highest BCUT2D eigenvalue weighted by Crippen LogP contribution is 2.17. The van der Waals surface area contributed by atoms with Crippen molar-refractivity contribution in [2.45, 2.75) is 13.5 Å². The standard InChI is InChI=1S/C18H15ClN2O2/c1-12-9-18(23)21(16-8-3-2-7-15(12)16)11-17(22)20-14-6-4-5-13(19)10-14/h2-10H,11H2,1H3,(H,20,22). The van der Waals surface area contributed by atoms with Crippen LogP contribution in [0.4, 0.5) is 5.69 Å². The van der Waals surface area contributed by atoms with Gasteiger partial charge in [0.25, 0.3) is 5.56 Å². The van der Waals surface area contributed by atoms with Crippen LogP contribution in [0.1, 0.15) is 5.56 Å². The Balaban J connectivity index is 1.92. The van der Waals surface area contributed by atoms with Gasteiger partial charge in [0, 0.05) is 22.2 Å². The monoisotopic (exact) mass is 326 g/mol. The van der Waals surface area contributed by atoms with Gasteiger partial charge in [0.05, 0.1) is 5.52 Å². The first kappa shape index (κ1) is 15.3. The highest BCUT2D eigenvalue weighted by atomic mass is 35.5. The minimum absolute atomic E-state index is 0.0495. The quantitative estimate of drug-likeness (QED) is 0.799. The van der Waals surface area contributed by atoms with Crippen molar-refractivity contribution in [1.29, 1.82) is 0 Å². The van der Waals surface area contributed by atoms with Crippen molar-refractivity contribution in [1.82, 2.24) is 4.57 Å². The number of benzene rings is 2. The molecule has 0 saturated heterocycles. The smallest absolute Gasteiger partial charge is 0.251 e.